The molecule has 4 fully saturated rings. The first kappa shape index (κ1) is 17.5. The molecule has 3 atom stereocenters. The maximum atomic E-state index is 11.9. The molecule has 3 unspecified atom stereocenters. The second kappa shape index (κ2) is 6.67. The highest BCUT2D eigenvalue weighted by Gasteiger charge is 2.54. The van der Waals surface area contributed by atoms with Crippen LogP contribution in [0, 0.1) is 11.3 Å². The summed E-state index contributed by atoms with van der Waals surface area (Å²) in [6.45, 7) is 9.48. The van der Waals surface area contributed by atoms with E-state index in [0.717, 1.165) is 45.7 Å². The van der Waals surface area contributed by atoms with Crippen molar-refractivity contribution in [2.45, 2.75) is 26.3 Å². The number of nitrogens with zero attached hydrogens (tertiary/aromatic N) is 2. The number of ether oxygens (including phenoxy) is 1. The maximum absolute atomic E-state index is 11.9. The van der Waals surface area contributed by atoms with Gasteiger partial charge in [0.15, 0.2) is 0 Å². The fourth-order valence-corrected chi connectivity index (χ4v) is 5.28. The largest absolute Gasteiger partial charge is 0.427 e. The Morgan fingerprint density at radius 1 is 1.12 bits per heavy atom. The van der Waals surface area contributed by atoms with Crippen LogP contribution in [-0.4, -0.2) is 67.0 Å². The number of rotatable bonds is 4. The van der Waals surface area contributed by atoms with E-state index >= 15 is 0 Å². The van der Waals surface area contributed by atoms with Gasteiger partial charge in [-0.2, -0.15) is 0 Å². The molecule has 4 aliphatic rings. The highest BCUT2D eigenvalue weighted by atomic mass is 16.5. The number of carbonyl (C=O) groups is 2. The average molecular weight is 357 g/mol. The summed E-state index contributed by atoms with van der Waals surface area (Å²) < 4.78 is 5.14. The summed E-state index contributed by atoms with van der Waals surface area (Å²) in [6.07, 6.45) is 0.918. The summed E-state index contributed by atoms with van der Waals surface area (Å²) in [5, 5.41) is 3.29. The van der Waals surface area contributed by atoms with Crippen molar-refractivity contribution in [1.29, 1.82) is 0 Å². The lowest BCUT2D eigenvalue weighted by molar-refractivity contribution is -0.131. The van der Waals surface area contributed by atoms with Crippen LogP contribution in [0.15, 0.2) is 24.3 Å². The van der Waals surface area contributed by atoms with Crippen molar-refractivity contribution in [3.8, 4) is 5.75 Å². The number of esters is 1. The first-order valence-electron chi connectivity index (χ1n) is 9.43. The van der Waals surface area contributed by atoms with Gasteiger partial charge in [0.25, 0.3) is 0 Å². The topological polar surface area (TPSA) is 61.9 Å². The van der Waals surface area contributed by atoms with Gasteiger partial charge in [-0.25, -0.2) is 0 Å². The van der Waals surface area contributed by atoms with Crippen LogP contribution in [0.4, 0.5) is 0 Å². The van der Waals surface area contributed by atoms with E-state index in [1.54, 1.807) is 6.92 Å². The molecule has 0 aliphatic carbocycles. The maximum Gasteiger partial charge on any atom is 0.308 e. The third-order valence-electron chi connectivity index (χ3n) is 6.03. The molecular formula is C20H27N3O3. The number of fused-ring (bicyclic) bond motifs is 1. The lowest BCUT2D eigenvalue weighted by Gasteiger charge is -2.55. The van der Waals surface area contributed by atoms with Gasteiger partial charge < -0.3 is 19.9 Å². The minimum Gasteiger partial charge on any atom is -0.427 e. The predicted octanol–water partition coefficient (Wildman–Crippen LogP) is 0.907. The minimum atomic E-state index is -0.304. The molecule has 26 heavy (non-hydrogen) atoms. The number of nitrogens with one attached hydrogen (secondary N) is 1. The molecule has 4 bridgehead atoms. The number of amides is 1. The quantitative estimate of drug-likeness (QED) is 0.641. The molecule has 4 saturated heterocycles. The zero-order valence-electron chi connectivity index (χ0n) is 15.5. The molecule has 5 rings (SSSR count). The van der Waals surface area contributed by atoms with Crippen molar-refractivity contribution < 1.29 is 14.3 Å². The Morgan fingerprint density at radius 3 is 2.27 bits per heavy atom. The SMILES string of the molecule is CC(=O)NC1C2CN3CCN(C2)CC1(Cc1ccc(OC(C)=O)cc1)C3. The molecule has 0 radical (unpaired) electrons. The monoisotopic (exact) mass is 357 g/mol. The Hall–Kier alpha value is -1.92. The van der Waals surface area contributed by atoms with Gasteiger partial charge in [-0.3, -0.25) is 9.59 Å². The Morgan fingerprint density at radius 2 is 1.73 bits per heavy atom. The second-order valence-electron chi connectivity index (χ2n) is 8.19. The fourth-order valence-electron chi connectivity index (χ4n) is 5.28. The molecule has 1 N–H and O–H groups in total. The van der Waals surface area contributed by atoms with Crippen molar-refractivity contribution in [3.63, 3.8) is 0 Å². The third-order valence-corrected chi connectivity index (χ3v) is 6.03. The normalized spacial score (nSPS) is 35.0. The van der Waals surface area contributed by atoms with E-state index in [9.17, 15) is 9.59 Å². The zero-order chi connectivity index (χ0) is 18.3. The van der Waals surface area contributed by atoms with Gasteiger partial charge in [-0.05, 0) is 24.1 Å². The van der Waals surface area contributed by atoms with Crippen molar-refractivity contribution in [1.82, 2.24) is 15.1 Å². The Kier molecular flexibility index (Phi) is 4.49. The summed E-state index contributed by atoms with van der Waals surface area (Å²) in [7, 11) is 0. The lowest BCUT2D eigenvalue weighted by Crippen LogP contribution is -2.69. The predicted molar refractivity (Wildman–Crippen MR) is 97.9 cm³/mol. The molecule has 1 amide bonds. The van der Waals surface area contributed by atoms with E-state index in [1.165, 1.54) is 12.5 Å². The minimum absolute atomic E-state index is 0.0340. The van der Waals surface area contributed by atoms with E-state index < -0.39 is 0 Å². The van der Waals surface area contributed by atoms with Crippen LogP contribution >= 0.6 is 0 Å². The van der Waals surface area contributed by atoms with Crippen LogP contribution in [0.1, 0.15) is 19.4 Å². The summed E-state index contributed by atoms with van der Waals surface area (Å²) in [6, 6.07) is 8.03. The molecule has 6 nitrogen and oxygen atoms in total. The molecule has 140 valence electrons. The summed E-state index contributed by atoms with van der Waals surface area (Å²) in [4.78, 5) is 28.1. The molecular weight excluding hydrogens is 330 g/mol. The zero-order valence-corrected chi connectivity index (χ0v) is 15.5. The summed E-state index contributed by atoms with van der Waals surface area (Å²) in [5.41, 5.74) is 1.26. The standard InChI is InChI=1S/C20H27N3O3/c1-14(24)21-19-17-10-22-7-8-23(11-17)13-20(19,12-22)9-16-3-5-18(6-4-16)26-15(2)25/h3-6,17,19H,7-13H2,1-2H3,(H,21,24). The van der Waals surface area contributed by atoms with E-state index in [-0.39, 0.29) is 23.3 Å². The molecule has 0 saturated carbocycles. The highest BCUT2D eigenvalue weighted by Crippen LogP contribution is 2.43. The van der Waals surface area contributed by atoms with Crippen molar-refractivity contribution in [2.75, 3.05) is 39.3 Å². The van der Waals surface area contributed by atoms with Crippen molar-refractivity contribution >= 4 is 11.9 Å². The molecule has 0 aromatic heterocycles. The van der Waals surface area contributed by atoms with Crippen LogP contribution in [0.3, 0.4) is 0 Å². The van der Waals surface area contributed by atoms with Crippen molar-refractivity contribution in [2.24, 2.45) is 11.3 Å². The molecule has 4 aliphatic heterocycles. The van der Waals surface area contributed by atoms with Gasteiger partial charge in [0.05, 0.1) is 0 Å². The first-order valence-corrected chi connectivity index (χ1v) is 9.43. The van der Waals surface area contributed by atoms with E-state index in [1.807, 2.05) is 24.3 Å². The van der Waals surface area contributed by atoms with Gasteiger partial charge in [0.1, 0.15) is 5.75 Å². The number of benzene rings is 1. The van der Waals surface area contributed by atoms with Crippen LogP contribution in [0.25, 0.3) is 0 Å². The van der Waals surface area contributed by atoms with E-state index in [4.69, 9.17) is 4.74 Å². The summed E-state index contributed by atoms with van der Waals surface area (Å²) in [5.74, 6) is 0.830. The fraction of sp³-hybridized carbons (Fsp3) is 0.600. The van der Waals surface area contributed by atoms with Crippen LogP contribution < -0.4 is 10.1 Å². The Bertz CT molecular complexity index is 687. The Labute approximate surface area is 154 Å². The third kappa shape index (κ3) is 3.35. The van der Waals surface area contributed by atoms with E-state index in [0.29, 0.717) is 11.7 Å². The number of piperidine rings is 2. The molecule has 1 aromatic rings. The number of hydrogen-bond acceptors (Lipinski definition) is 5. The van der Waals surface area contributed by atoms with Crippen LogP contribution in [-0.2, 0) is 16.0 Å². The number of carbonyl (C=O) groups excluding carboxylic acids is 2. The van der Waals surface area contributed by atoms with Gasteiger partial charge in [-0.15, -0.1) is 0 Å². The Balaban J connectivity index is 1.60. The van der Waals surface area contributed by atoms with Gasteiger partial charge in [0.2, 0.25) is 5.91 Å². The van der Waals surface area contributed by atoms with Crippen LogP contribution in [0.2, 0.25) is 0 Å². The first-order chi connectivity index (χ1) is 12.4. The lowest BCUT2D eigenvalue weighted by atomic mass is 9.65. The van der Waals surface area contributed by atoms with Gasteiger partial charge >= 0.3 is 5.97 Å². The number of hydrogen-bond donors (Lipinski definition) is 1. The molecule has 6 heteroatoms. The highest BCUT2D eigenvalue weighted by molar-refractivity contribution is 5.73. The van der Waals surface area contributed by atoms with Crippen LogP contribution in [0.5, 0.6) is 5.75 Å². The molecule has 1 aromatic carbocycles. The summed E-state index contributed by atoms with van der Waals surface area (Å²) >= 11 is 0. The molecule has 0 spiro atoms. The van der Waals surface area contributed by atoms with Gasteiger partial charge in [0, 0.05) is 70.5 Å². The second-order valence-corrected chi connectivity index (χ2v) is 8.19. The smallest absolute Gasteiger partial charge is 0.308 e. The van der Waals surface area contributed by atoms with Gasteiger partial charge in [-0.1, -0.05) is 12.1 Å². The molecule has 4 heterocycles. The van der Waals surface area contributed by atoms with E-state index in [2.05, 4.69) is 15.1 Å². The van der Waals surface area contributed by atoms with Crippen molar-refractivity contribution in [3.05, 3.63) is 29.8 Å². The average Bonchev–Trinajstić information content (AvgIpc) is 2.80.